The zero-order valence-corrected chi connectivity index (χ0v) is 8.89. The summed E-state index contributed by atoms with van der Waals surface area (Å²) in [4.78, 5) is 14.8. The van der Waals surface area contributed by atoms with Crippen LogP contribution in [0, 0.1) is 0 Å². The van der Waals surface area contributed by atoms with Crippen LogP contribution in [0.25, 0.3) is 0 Å². The van der Waals surface area contributed by atoms with E-state index < -0.39 is 6.09 Å². The Kier molecular flexibility index (Phi) is 3.43. The zero-order valence-electron chi connectivity index (χ0n) is 8.89. The standard InChI is InChI=1S/C10H18N2O3/c13-10(14)12-3-1-2-9(8-12)11-4-6-15-7-5-11/h9H,1-8H2,(H,13,14)/t9-/m0/s1. The molecule has 0 radical (unpaired) electrons. The summed E-state index contributed by atoms with van der Waals surface area (Å²) in [5.41, 5.74) is 0. The number of nitrogens with zero attached hydrogens (tertiary/aromatic N) is 2. The lowest BCUT2D eigenvalue weighted by atomic mass is 10.0. The van der Waals surface area contributed by atoms with E-state index in [1.807, 2.05) is 0 Å². The van der Waals surface area contributed by atoms with E-state index in [1.54, 1.807) is 0 Å². The molecule has 2 heterocycles. The number of hydrogen-bond donors (Lipinski definition) is 1. The van der Waals surface area contributed by atoms with Gasteiger partial charge in [-0.25, -0.2) is 4.79 Å². The lowest BCUT2D eigenvalue weighted by Crippen LogP contribution is -2.52. The van der Waals surface area contributed by atoms with Gasteiger partial charge in [0.15, 0.2) is 0 Å². The van der Waals surface area contributed by atoms with Crippen molar-refractivity contribution in [3.05, 3.63) is 0 Å². The van der Waals surface area contributed by atoms with Gasteiger partial charge in [-0.15, -0.1) is 0 Å². The highest BCUT2D eigenvalue weighted by Gasteiger charge is 2.28. The molecule has 0 spiro atoms. The molecule has 0 aliphatic carbocycles. The molecule has 0 aromatic heterocycles. The summed E-state index contributed by atoms with van der Waals surface area (Å²) in [6.07, 6.45) is 1.31. The molecule has 0 unspecified atom stereocenters. The van der Waals surface area contributed by atoms with Crippen LogP contribution in [0.4, 0.5) is 4.79 Å². The molecular formula is C10H18N2O3. The topological polar surface area (TPSA) is 53.0 Å². The molecule has 2 fully saturated rings. The number of carbonyl (C=O) groups is 1. The Balaban J connectivity index is 1.88. The van der Waals surface area contributed by atoms with Crippen molar-refractivity contribution in [2.45, 2.75) is 18.9 Å². The molecule has 1 amide bonds. The van der Waals surface area contributed by atoms with Gasteiger partial charge in [0.25, 0.3) is 0 Å². The summed E-state index contributed by atoms with van der Waals surface area (Å²) >= 11 is 0. The molecule has 2 rings (SSSR count). The van der Waals surface area contributed by atoms with Crippen LogP contribution in [0.1, 0.15) is 12.8 Å². The van der Waals surface area contributed by atoms with Gasteiger partial charge in [-0.05, 0) is 12.8 Å². The molecule has 15 heavy (non-hydrogen) atoms. The highest BCUT2D eigenvalue weighted by atomic mass is 16.5. The summed E-state index contributed by atoms with van der Waals surface area (Å²) < 4.78 is 5.29. The Bertz CT molecular complexity index is 229. The van der Waals surface area contributed by atoms with E-state index in [-0.39, 0.29) is 0 Å². The van der Waals surface area contributed by atoms with Gasteiger partial charge in [0.1, 0.15) is 0 Å². The molecule has 0 aromatic rings. The minimum Gasteiger partial charge on any atom is -0.465 e. The largest absolute Gasteiger partial charge is 0.465 e. The first kappa shape index (κ1) is 10.7. The van der Waals surface area contributed by atoms with Crippen LogP contribution >= 0.6 is 0 Å². The SMILES string of the molecule is O=C(O)N1CCC[C@H](N2CCOCC2)C1. The number of ether oxygens (including phenoxy) is 1. The van der Waals surface area contributed by atoms with Gasteiger partial charge in [0.2, 0.25) is 0 Å². The molecule has 1 atom stereocenters. The second-order valence-corrected chi connectivity index (χ2v) is 4.17. The van der Waals surface area contributed by atoms with Gasteiger partial charge >= 0.3 is 6.09 Å². The van der Waals surface area contributed by atoms with Gasteiger partial charge in [0, 0.05) is 32.2 Å². The summed E-state index contributed by atoms with van der Waals surface area (Å²) in [5, 5.41) is 8.94. The number of piperidine rings is 1. The van der Waals surface area contributed by atoms with Crippen molar-refractivity contribution in [3.8, 4) is 0 Å². The molecule has 0 saturated carbocycles. The Morgan fingerprint density at radius 3 is 2.67 bits per heavy atom. The van der Waals surface area contributed by atoms with Crippen molar-refractivity contribution in [2.75, 3.05) is 39.4 Å². The van der Waals surface area contributed by atoms with Crippen molar-refractivity contribution < 1.29 is 14.6 Å². The van der Waals surface area contributed by atoms with Gasteiger partial charge in [-0.2, -0.15) is 0 Å². The van der Waals surface area contributed by atoms with Crippen molar-refractivity contribution in [1.29, 1.82) is 0 Å². The van der Waals surface area contributed by atoms with E-state index in [1.165, 1.54) is 4.90 Å². The smallest absolute Gasteiger partial charge is 0.407 e. The average molecular weight is 214 g/mol. The average Bonchev–Trinajstić information content (AvgIpc) is 2.30. The lowest BCUT2D eigenvalue weighted by molar-refractivity contribution is -0.000729. The van der Waals surface area contributed by atoms with Crippen molar-refractivity contribution in [1.82, 2.24) is 9.80 Å². The van der Waals surface area contributed by atoms with Gasteiger partial charge in [-0.1, -0.05) is 0 Å². The number of rotatable bonds is 1. The van der Waals surface area contributed by atoms with Gasteiger partial charge < -0.3 is 14.7 Å². The maximum absolute atomic E-state index is 10.9. The predicted octanol–water partition coefficient (Wildman–Crippen LogP) is 0.461. The molecule has 0 aromatic carbocycles. The first-order valence-electron chi connectivity index (χ1n) is 5.57. The summed E-state index contributed by atoms with van der Waals surface area (Å²) in [6.45, 7) is 4.80. The van der Waals surface area contributed by atoms with Gasteiger partial charge in [0.05, 0.1) is 13.2 Å². The van der Waals surface area contributed by atoms with E-state index in [0.717, 1.165) is 39.1 Å². The molecule has 2 saturated heterocycles. The number of likely N-dealkylation sites (tertiary alicyclic amines) is 1. The Morgan fingerprint density at radius 1 is 1.27 bits per heavy atom. The maximum Gasteiger partial charge on any atom is 0.407 e. The van der Waals surface area contributed by atoms with Crippen LogP contribution in [0.15, 0.2) is 0 Å². The van der Waals surface area contributed by atoms with Crippen molar-refractivity contribution in [2.24, 2.45) is 0 Å². The summed E-state index contributed by atoms with van der Waals surface area (Å²) in [5.74, 6) is 0. The third-order valence-electron chi connectivity index (χ3n) is 3.23. The minimum atomic E-state index is -0.784. The highest BCUT2D eigenvalue weighted by Crippen LogP contribution is 2.16. The molecule has 2 aliphatic heterocycles. The number of morpholine rings is 1. The van der Waals surface area contributed by atoms with Crippen LogP contribution in [0.5, 0.6) is 0 Å². The fourth-order valence-corrected chi connectivity index (χ4v) is 2.37. The Labute approximate surface area is 89.6 Å². The Hall–Kier alpha value is -0.810. The molecule has 2 aliphatic rings. The molecule has 5 heteroatoms. The van der Waals surface area contributed by atoms with Crippen LogP contribution < -0.4 is 0 Å². The Morgan fingerprint density at radius 2 is 2.00 bits per heavy atom. The van der Waals surface area contributed by atoms with Crippen LogP contribution in [0.3, 0.4) is 0 Å². The second kappa shape index (κ2) is 4.81. The summed E-state index contributed by atoms with van der Waals surface area (Å²) in [7, 11) is 0. The first-order valence-corrected chi connectivity index (χ1v) is 5.57. The quantitative estimate of drug-likeness (QED) is 0.689. The normalized spacial score (nSPS) is 29.1. The van der Waals surface area contributed by atoms with Crippen LogP contribution in [0.2, 0.25) is 0 Å². The molecule has 0 bridgehead atoms. The molecular weight excluding hydrogens is 196 g/mol. The third-order valence-corrected chi connectivity index (χ3v) is 3.23. The highest BCUT2D eigenvalue weighted by molar-refractivity contribution is 5.65. The fourth-order valence-electron chi connectivity index (χ4n) is 2.37. The monoisotopic (exact) mass is 214 g/mol. The number of carboxylic acid groups (broad SMARTS) is 1. The van der Waals surface area contributed by atoms with E-state index in [2.05, 4.69) is 4.90 Å². The third kappa shape index (κ3) is 2.60. The first-order chi connectivity index (χ1) is 7.27. The second-order valence-electron chi connectivity index (χ2n) is 4.17. The predicted molar refractivity (Wildman–Crippen MR) is 55.0 cm³/mol. The van der Waals surface area contributed by atoms with Crippen molar-refractivity contribution >= 4 is 6.09 Å². The molecule has 5 nitrogen and oxygen atoms in total. The van der Waals surface area contributed by atoms with E-state index in [9.17, 15) is 4.79 Å². The molecule has 1 N–H and O–H groups in total. The van der Waals surface area contributed by atoms with Gasteiger partial charge in [-0.3, -0.25) is 4.90 Å². The van der Waals surface area contributed by atoms with Crippen molar-refractivity contribution in [3.63, 3.8) is 0 Å². The summed E-state index contributed by atoms with van der Waals surface area (Å²) in [6, 6.07) is 0.402. The molecule has 86 valence electrons. The lowest BCUT2D eigenvalue weighted by Gasteiger charge is -2.39. The minimum absolute atomic E-state index is 0.402. The number of hydrogen-bond acceptors (Lipinski definition) is 3. The maximum atomic E-state index is 10.9. The number of amides is 1. The van der Waals surface area contributed by atoms with E-state index >= 15 is 0 Å². The van der Waals surface area contributed by atoms with Crippen LogP contribution in [-0.4, -0.2) is 66.4 Å². The van der Waals surface area contributed by atoms with Crippen LogP contribution in [-0.2, 0) is 4.74 Å². The zero-order chi connectivity index (χ0) is 10.7. The fraction of sp³-hybridized carbons (Fsp3) is 0.900. The van der Waals surface area contributed by atoms with E-state index in [4.69, 9.17) is 9.84 Å². The van der Waals surface area contributed by atoms with E-state index in [0.29, 0.717) is 19.1 Å².